The Bertz CT molecular complexity index is 1610. The predicted molar refractivity (Wildman–Crippen MR) is 138 cm³/mol. The maximum absolute atomic E-state index is 13.1. The van der Waals surface area contributed by atoms with Crippen molar-refractivity contribution in [2.24, 2.45) is 0 Å². The molecule has 9 nitrogen and oxygen atoms in total. The Morgan fingerprint density at radius 2 is 1.81 bits per heavy atom. The van der Waals surface area contributed by atoms with Gasteiger partial charge in [0.05, 0.1) is 11.8 Å². The number of nitrogens with one attached hydrogen (secondary N) is 3. The number of hydrogen-bond donors (Lipinski definition) is 4. The molecule has 5 rings (SSSR count). The molecule has 3 aromatic carbocycles. The molecule has 0 atom stereocenters. The van der Waals surface area contributed by atoms with E-state index >= 15 is 0 Å². The molecule has 0 unspecified atom stereocenters. The van der Waals surface area contributed by atoms with Gasteiger partial charge in [-0.15, -0.1) is 0 Å². The number of benzene rings is 3. The number of amides is 1. The van der Waals surface area contributed by atoms with Crippen LogP contribution in [0.2, 0.25) is 5.02 Å². The Balaban J connectivity index is 1.52. The van der Waals surface area contributed by atoms with Gasteiger partial charge < -0.3 is 10.4 Å². The van der Waals surface area contributed by atoms with Crippen LogP contribution in [0.15, 0.2) is 85.2 Å². The second-order valence-corrected chi connectivity index (χ2v) is 8.13. The molecular formula is C26H18ClN7O2. The summed E-state index contributed by atoms with van der Waals surface area (Å²) in [4.78, 5) is 17.3. The summed E-state index contributed by atoms with van der Waals surface area (Å²) in [6.45, 7) is 0. The molecule has 1 amide bonds. The van der Waals surface area contributed by atoms with Crippen LogP contribution in [0.5, 0.6) is 5.75 Å². The lowest BCUT2D eigenvalue weighted by Gasteiger charge is -2.17. The number of phenolic OH excluding ortho intramolecular Hbond substituents is 1. The minimum absolute atomic E-state index is 0.0618. The van der Waals surface area contributed by atoms with Crippen molar-refractivity contribution in [3.8, 4) is 17.6 Å². The molecule has 0 radical (unpaired) electrons. The Labute approximate surface area is 210 Å². The van der Waals surface area contributed by atoms with Gasteiger partial charge >= 0.3 is 0 Å². The first-order chi connectivity index (χ1) is 17.5. The van der Waals surface area contributed by atoms with Crippen LogP contribution in [0.1, 0.15) is 15.9 Å². The number of carbonyl (C=O) groups excluding carboxylic acids is 1. The molecular weight excluding hydrogens is 478 g/mol. The highest BCUT2D eigenvalue weighted by molar-refractivity contribution is 6.30. The molecule has 0 aliphatic rings. The molecule has 10 heteroatoms. The molecule has 0 spiro atoms. The molecule has 2 heterocycles. The third kappa shape index (κ3) is 4.36. The van der Waals surface area contributed by atoms with Crippen LogP contribution in [0, 0.1) is 11.3 Å². The fourth-order valence-electron chi connectivity index (χ4n) is 3.69. The summed E-state index contributed by atoms with van der Waals surface area (Å²) in [6.07, 6.45) is 3.02. The Morgan fingerprint density at radius 1 is 1.03 bits per heavy atom. The molecule has 0 bridgehead atoms. The van der Waals surface area contributed by atoms with E-state index in [2.05, 4.69) is 32.3 Å². The smallest absolute Gasteiger partial charge is 0.259 e. The number of rotatable bonds is 6. The van der Waals surface area contributed by atoms with Gasteiger partial charge in [-0.2, -0.15) is 15.0 Å². The van der Waals surface area contributed by atoms with E-state index < -0.39 is 5.91 Å². The summed E-state index contributed by atoms with van der Waals surface area (Å²) in [7, 11) is 0. The van der Waals surface area contributed by atoms with Crippen molar-refractivity contribution in [2.75, 3.05) is 16.2 Å². The minimum atomic E-state index is -0.500. The number of phenols is 1. The Hall–Kier alpha value is -5.07. The van der Waals surface area contributed by atoms with Crippen LogP contribution in [0.3, 0.4) is 0 Å². The second-order valence-electron chi connectivity index (χ2n) is 7.70. The molecule has 0 aliphatic heterocycles. The number of nitrogens with zero attached hydrogens (tertiary/aromatic N) is 4. The first kappa shape index (κ1) is 22.7. The highest BCUT2D eigenvalue weighted by Gasteiger charge is 2.20. The molecule has 4 N–H and O–H groups in total. The highest BCUT2D eigenvalue weighted by Crippen LogP contribution is 2.37. The first-order valence-corrected chi connectivity index (χ1v) is 11.2. The number of hydrazine groups is 1. The fraction of sp³-hybridized carbons (Fsp3) is 0. The summed E-state index contributed by atoms with van der Waals surface area (Å²) < 4.78 is 1.46. The van der Waals surface area contributed by atoms with Crippen molar-refractivity contribution in [3.05, 3.63) is 101 Å². The van der Waals surface area contributed by atoms with E-state index in [1.807, 2.05) is 18.2 Å². The van der Waals surface area contributed by atoms with Gasteiger partial charge in [-0.3, -0.25) is 15.6 Å². The maximum atomic E-state index is 13.1. The van der Waals surface area contributed by atoms with Gasteiger partial charge in [-0.05, 0) is 47.9 Å². The standard InChI is InChI=1S/C26H18ClN7O2/c27-18-8-10-19(11-9-18)31-26(36)21-13-16-5-1-2-6-20(16)23(24(21)35)32-33-25-17(14-28)15-30-34(25)22-7-3-4-12-29-22/h1-13,15,32-33,35H,(H,31,36). The van der Waals surface area contributed by atoms with Crippen molar-refractivity contribution in [1.82, 2.24) is 14.8 Å². The van der Waals surface area contributed by atoms with E-state index in [0.717, 1.165) is 5.39 Å². The monoisotopic (exact) mass is 495 g/mol. The topological polar surface area (TPSA) is 128 Å². The number of hydrogen-bond acceptors (Lipinski definition) is 7. The van der Waals surface area contributed by atoms with E-state index in [9.17, 15) is 15.2 Å². The summed E-state index contributed by atoms with van der Waals surface area (Å²) in [6, 6.07) is 23.0. The summed E-state index contributed by atoms with van der Waals surface area (Å²) in [5.74, 6) is 0.0408. The lowest BCUT2D eigenvalue weighted by Crippen LogP contribution is -2.17. The molecule has 36 heavy (non-hydrogen) atoms. The lowest BCUT2D eigenvalue weighted by atomic mass is 10.0. The van der Waals surface area contributed by atoms with Crippen molar-refractivity contribution < 1.29 is 9.90 Å². The second kappa shape index (κ2) is 9.66. The molecule has 0 saturated heterocycles. The van der Waals surface area contributed by atoms with E-state index in [0.29, 0.717) is 27.7 Å². The summed E-state index contributed by atoms with van der Waals surface area (Å²) in [5.41, 5.74) is 7.04. The lowest BCUT2D eigenvalue weighted by molar-refractivity contribution is 0.102. The van der Waals surface area contributed by atoms with Crippen molar-refractivity contribution >= 4 is 45.5 Å². The van der Waals surface area contributed by atoms with Crippen LogP contribution in [-0.4, -0.2) is 25.8 Å². The van der Waals surface area contributed by atoms with Gasteiger partial charge in [-0.1, -0.05) is 41.9 Å². The number of halogens is 1. The van der Waals surface area contributed by atoms with Gasteiger partial charge in [0.1, 0.15) is 17.3 Å². The molecule has 176 valence electrons. The van der Waals surface area contributed by atoms with E-state index in [4.69, 9.17) is 11.6 Å². The Morgan fingerprint density at radius 3 is 2.56 bits per heavy atom. The normalized spacial score (nSPS) is 10.6. The number of anilines is 3. The van der Waals surface area contributed by atoms with Gasteiger partial charge in [-0.25, -0.2) is 4.98 Å². The van der Waals surface area contributed by atoms with Crippen molar-refractivity contribution in [3.63, 3.8) is 0 Å². The number of aromatic hydroxyl groups is 1. The average molecular weight is 496 g/mol. The van der Waals surface area contributed by atoms with E-state index in [1.54, 1.807) is 60.8 Å². The quantitative estimate of drug-likeness (QED) is 0.185. The van der Waals surface area contributed by atoms with Crippen LogP contribution >= 0.6 is 11.6 Å². The van der Waals surface area contributed by atoms with Crippen LogP contribution in [0.25, 0.3) is 16.6 Å². The average Bonchev–Trinajstić information content (AvgIpc) is 3.32. The minimum Gasteiger partial charge on any atom is -0.505 e. The zero-order chi connectivity index (χ0) is 25.1. The highest BCUT2D eigenvalue weighted by atomic mass is 35.5. The van der Waals surface area contributed by atoms with Gasteiger partial charge in [0.2, 0.25) is 0 Å². The van der Waals surface area contributed by atoms with E-state index in [1.165, 1.54) is 10.9 Å². The SMILES string of the molecule is N#Cc1cnn(-c2ccccn2)c1NNc1c(O)c(C(=O)Nc2ccc(Cl)cc2)cc2ccccc12. The molecule has 0 fully saturated rings. The zero-order valence-electron chi connectivity index (χ0n) is 18.6. The maximum Gasteiger partial charge on any atom is 0.259 e. The number of fused-ring (bicyclic) bond motifs is 1. The Kier molecular flexibility index (Phi) is 6.09. The third-order valence-corrected chi connectivity index (χ3v) is 5.68. The van der Waals surface area contributed by atoms with Crippen molar-refractivity contribution in [1.29, 1.82) is 5.26 Å². The van der Waals surface area contributed by atoms with Crippen LogP contribution in [0.4, 0.5) is 17.2 Å². The molecule has 0 aliphatic carbocycles. The zero-order valence-corrected chi connectivity index (χ0v) is 19.4. The number of aromatic nitrogens is 3. The number of pyridine rings is 1. The molecule has 2 aromatic heterocycles. The summed E-state index contributed by atoms with van der Waals surface area (Å²) >= 11 is 5.93. The number of nitriles is 1. The predicted octanol–water partition coefficient (Wildman–Crippen LogP) is 5.34. The number of carbonyl (C=O) groups is 1. The van der Waals surface area contributed by atoms with Gasteiger partial charge in [0, 0.05) is 22.3 Å². The fourth-order valence-corrected chi connectivity index (χ4v) is 3.82. The summed E-state index contributed by atoms with van der Waals surface area (Å²) in [5, 5.41) is 29.6. The van der Waals surface area contributed by atoms with E-state index in [-0.39, 0.29) is 22.6 Å². The van der Waals surface area contributed by atoms with Crippen LogP contribution in [-0.2, 0) is 0 Å². The van der Waals surface area contributed by atoms with Crippen LogP contribution < -0.4 is 16.2 Å². The molecule has 5 aromatic rings. The third-order valence-electron chi connectivity index (χ3n) is 5.43. The largest absolute Gasteiger partial charge is 0.505 e. The van der Waals surface area contributed by atoms with Gasteiger partial charge in [0.15, 0.2) is 17.4 Å². The first-order valence-electron chi connectivity index (χ1n) is 10.8. The van der Waals surface area contributed by atoms with Crippen molar-refractivity contribution in [2.45, 2.75) is 0 Å². The molecule has 0 saturated carbocycles. The van der Waals surface area contributed by atoms with Gasteiger partial charge in [0.25, 0.3) is 5.91 Å².